The Kier molecular flexibility index (Phi) is 7.97. The lowest BCUT2D eigenvalue weighted by Gasteiger charge is -2.25. The van der Waals surface area contributed by atoms with Gasteiger partial charge in [-0.2, -0.15) is 0 Å². The van der Waals surface area contributed by atoms with Crippen LogP contribution in [0.5, 0.6) is 0 Å². The van der Waals surface area contributed by atoms with Gasteiger partial charge in [-0.25, -0.2) is 8.42 Å². The van der Waals surface area contributed by atoms with Crippen molar-refractivity contribution in [3.05, 3.63) is 0 Å². The second kappa shape index (κ2) is 8.03. The van der Waals surface area contributed by atoms with Gasteiger partial charge in [-0.3, -0.25) is 0 Å². The summed E-state index contributed by atoms with van der Waals surface area (Å²) in [5.41, 5.74) is 0. The van der Waals surface area contributed by atoms with Crippen LogP contribution in [0.15, 0.2) is 0 Å². The fraction of sp³-hybridized carbons (Fsp3) is 1.00. The number of nitrogens with one attached hydrogen (secondary N) is 1. The molecular formula is C11H25NO3S. The largest absolute Gasteiger partial charge is 0.380 e. The van der Waals surface area contributed by atoms with E-state index in [4.69, 9.17) is 4.74 Å². The molecule has 0 heterocycles. The maximum absolute atomic E-state index is 11.0. The number of hydrogen-bond acceptors (Lipinski definition) is 4. The molecule has 0 aliphatic rings. The highest BCUT2D eigenvalue weighted by atomic mass is 32.2. The maximum Gasteiger partial charge on any atom is 0.147 e. The predicted molar refractivity (Wildman–Crippen MR) is 67.5 cm³/mol. The molecule has 0 saturated heterocycles. The molecule has 0 aliphatic heterocycles. The number of methoxy groups -OCH3 is 1. The van der Waals surface area contributed by atoms with Gasteiger partial charge in [0, 0.05) is 25.2 Å². The van der Waals surface area contributed by atoms with Crippen LogP contribution in [0.4, 0.5) is 0 Å². The molecule has 0 bridgehead atoms. The fourth-order valence-corrected chi connectivity index (χ4v) is 2.54. The molecule has 16 heavy (non-hydrogen) atoms. The minimum atomic E-state index is -2.84. The van der Waals surface area contributed by atoms with Gasteiger partial charge in [0.25, 0.3) is 0 Å². The number of sulfone groups is 1. The van der Waals surface area contributed by atoms with Gasteiger partial charge in [0.2, 0.25) is 0 Å². The molecule has 0 aliphatic carbocycles. The Labute approximate surface area is 99.7 Å². The molecule has 0 fully saturated rings. The van der Waals surface area contributed by atoms with Crippen LogP contribution >= 0.6 is 0 Å². The summed E-state index contributed by atoms with van der Waals surface area (Å²) in [4.78, 5) is 0. The summed E-state index contributed by atoms with van der Waals surface area (Å²) >= 11 is 0. The first-order valence-corrected chi connectivity index (χ1v) is 7.88. The van der Waals surface area contributed by atoms with Crippen LogP contribution in [0.2, 0.25) is 0 Å². The molecule has 1 N–H and O–H groups in total. The maximum atomic E-state index is 11.0. The van der Waals surface area contributed by atoms with Crippen molar-refractivity contribution in [2.75, 3.05) is 26.2 Å². The SMILES string of the molecule is CCCC(OC)C(CCCS(C)(=O)=O)NC. The number of rotatable bonds is 9. The molecule has 0 aromatic carbocycles. The van der Waals surface area contributed by atoms with E-state index in [1.54, 1.807) is 7.11 Å². The lowest BCUT2D eigenvalue weighted by Crippen LogP contribution is -2.39. The Balaban J connectivity index is 4.07. The third kappa shape index (κ3) is 7.19. The molecular weight excluding hydrogens is 226 g/mol. The topological polar surface area (TPSA) is 55.4 Å². The van der Waals surface area contributed by atoms with Crippen LogP contribution in [0, 0.1) is 0 Å². The molecule has 2 atom stereocenters. The Morgan fingerprint density at radius 1 is 1.31 bits per heavy atom. The standard InChI is InChI=1S/C11H25NO3S/c1-5-7-11(15-3)10(12-2)8-6-9-16(4,13)14/h10-12H,5-9H2,1-4H3. The molecule has 0 amide bonds. The van der Waals surface area contributed by atoms with Gasteiger partial charge in [-0.15, -0.1) is 0 Å². The van der Waals surface area contributed by atoms with Crippen LogP contribution in [0.3, 0.4) is 0 Å². The van der Waals surface area contributed by atoms with Gasteiger partial charge >= 0.3 is 0 Å². The summed E-state index contributed by atoms with van der Waals surface area (Å²) in [5, 5.41) is 3.20. The van der Waals surface area contributed by atoms with Crippen LogP contribution in [0.25, 0.3) is 0 Å². The zero-order chi connectivity index (χ0) is 12.6. The van der Waals surface area contributed by atoms with Gasteiger partial charge in [0.15, 0.2) is 0 Å². The Bertz CT molecular complexity index is 264. The van der Waals surface area contributed by atoms with Crippen molar-refractivity contribution in [2.24, 2.45) is 0 Å². The zero-order valence-corrected chi connectivity index (χ0v) is 11.6. The second-order valence-electron chi connectivity index (χ2n) is 4.23. The molecule has 5 heteroatoms. The van der Waals surface area contributed by atoms with Crippen molar-refractivity contribution >= 4 is 9.84 Å². The first kappa shape index (κ1) is 15.9. The quantitative estimate of drug-likeness (QED) is 0.669. The summed E-state index contributed by atoms with van der Waals surface area (Å²) in [5.74, 6) is 0.258. The monoisotopic (exact) mass is 251 g/mol. The average molecular weight is 251 g/mol. The van der Waals surface area contributed by atoms with Crippen molar-refractivity contribution in [3.63, 3.8) is 0 Å². The molecule has 0 aromatic rings. The van der Waals surface area contributed by atoms with Crippen LogP contribution in [-0.4, -0.2) is 46.7 Å². The van der Waals surface area contributed by atoms with Gasteiger partial charge in [0.05, 0.1) is 6.10 Å². The highest BCUT2D eigenvalue weighted by Crippen LogP contribution is 2.11. The zero-order valence-electron chi connectivity index (χ0n) is 10.8. The van der Waals surface area contributed by atoms with Crippen molar-refractivity contribution in [3.8, 4) is 0 Å². The highest BCUT2D eigenvalue weighted by molar-refractivity contribution is 7.90. The number of ether oxygens (including phenoxy) is 1. The van der Waals surface area contributed by atoms with E-state index in [1.807, 2.05) is 7.05 Å². The molecule has 4 nitrogen and oxygen atoms in total. The Hall–Kier alpha value is -0.130. The summed E-state index contributed by atoms with van der Waals surface area (Å²) in [6, 6.07) is 0.242. The molecule has 98 valence electrons. The summed E-state index contributed by atoms with van der Waals surface area (Å²) in [7, 11) is 0.764. The van der Waals surface area contributed by atoms with Gasteiger partial charge in [0.1, 0.15) is 9.84 Å². The fourth-order valence-electron chi connectivity index (χ4n) is 1.85. The van der Waals surface area contributed by atoms with E-state index in [0.717, 1.165) is 19.3 Å². The number of likely N-dealkylation sites (N-methyl/N-ethyl adjacent to an activating group) is 1. The Morgan fingerprint density at radius 3 is 2.31 bits per heavy atom. The van der Waals surface area contributed by atoms with E-state index in [1.165, 1.54) is 6.26 Å². The lowest BCUT2D eigenvalue weighted by molar-refractivity contribution is 0.0604. The van der Waals surface area contributed by atoms with E-state index in [-0.39, 0.29) is 17.9 Å². The van der Waals surface area contributed by atoms with E-state index >= 15 is 0 Å². The van der Waals surface area contributed by atoms with Crippen LogP contribution < -0.4 is 5.32 Å². The van der Waals surface area contributed by atoms with Gasteiger partial charge in [-0.05, 0) is 26.3 Å². The first-order valence-electron chi connectivity index (χ1n) is 5.82. The van der Waals surface area contributed by atoms with E-state index in [2.05, 4.69) is 12.2 Å². The summed E-state index contributed by atoms with van der Waals surface area (Å²) < 4.78 is 27.4. The van der Waals surface area contributed by atoms with Gasteiger partial charge in [-0.1, -0.05) is 13.3 Å². The minimum absolute atomic E-state index is 0.176. The van der Waals surface area contributed by atoms with Crippen molar-refractivity contribution in [1.82, 2.24) is 5.32 Å². The second-order valence-corrected chi connectivity index (χ2v) is 6.49. The minimum Gasteiger partial charge on any atom is -0.380 e. The lowest BCUT2D eigenvalue weighted by atomic mass is 10.0. The van der Waals surface area contributed by atoms with Crippen LogP contribution in [0.1, 0.15) is 32.6 Å². The first-order chi connectivity index (χ1) is 7.44. The van der Waals surface area contributed by atoms with Crippen molar-refractivity contribution in [1.29, 1.82) is 0 Å². The molecule has 0 rings (SSSR count). The smallest absolute Gasteiger partial charge is 0.147 e. The molecule has 0 radical (unpaired) electrons. The van der Waals surface area contributed by atoms with Gasteiger partial charge < -0.3 is 10.1 Å². The third-order valence-corrected chi connectivity index (χ3v) is 3.76. The summed E-state index contributed by atoms with van der Waals surface area (Å²) in [6.45, 7) is 2.12. The number of hydrogen-bond donors (Lipinski definition) is 1. The van der Waals surface area contributed by atoms with Crippen LogP contribution in [-0.2, 0) is 14.6 Å². The van der Waals surface area contributed by atoms with E-state index < -0.39 is 9.84 Å². The summed E-state index contributed by atoms with van der Waals surface area (Å²) in [6.07, 6.45) is 5.05. The molecule has 2 unspecified atom stereocenters. The highest BCUT2D eigenvalue weighted by Gasteiger charge is 2.18. The van der Waals surface area contributed by atoms with Crippen molar-refractivity contribution in [2.45, 2.75) is 44.8 Å². The molecule has 0 spiro atoms. The van der Waals surface area contributed by atoms with E-state index in [0.29, 0.717) is 6.42 Å². The van der Waals surface area contributed by atoms with E-state index in [9.17, 15) is 8.42 Å². The molecule has 0 saturated carbocycles. The third-order valence-electron chi connectivity index (χ3n) is 2.73. The Morgan fingerprint density at radius 2 is 1.94 bits per heavy atom. The van der Waals surface area contributed by atoms with Crippen molar-refractivity contribution < 1.29 is 13.2 Å². The average Bonchev–Trinajstić information content (AvgIpc) is 2.20. The predicted octanol–water partition coefficient (Wildman–Crippen LogP) is 1.21. The molecule has 0 aromatic heterocycles. The normalized spacial score (nSPS) is 16.0.